The first-order chi connectivity index (χ1) is 15.8. The minimum absolute atomic E-state index is 0.0876. The van der Waals surface area contributed by atoms with Crippen molar-refractivity contribution in [1.29, 1.82) is 0 Å². The van der Waals surface area contributed by atoms with Gasteiger partial charge in [-0.1, -0.05) is 44.6 Å². The number of hydrogen-bond acceptors (Lipinski definition) is 4. The molecule has 33 heavy (non-hydrogen) atoms. The highest BCUT2D eigenvalue weighted by Crippen LogP contribution is 2.44. The van der Waals surface area contributed by atoms with E-state index in [4.69, 9.17) is 0 Å². The Balaban J connectivity index is 1.15. The fraction of sp³-hybridized carbons (Fsp3) is 0.640. The van der Waals surface area contributed by atoms with Crippen LogP contribution < -0.4 is 5.32 Å². The minimum atomic E-state index is -2.39. The number of fused-ring (bicyclic) bond motifs is 1. The third-order valence-electron chi connectivity index (χ3n) is 6.98. The maximum Gasteiger partial charge on any atom is 0.255 e. The quantitative estimate of drug-likeness (QED) is 0.266. The van der Waals surface area contributed by atoms with Crippen LogP contribution in [0.5, 0.6) is 0 Å². The molecule has 180 valence electrons. The molecule has 4 rings (SSSR count). The molecule has 3 aliphatic rings. The molecule has 2 aliphatic heterocycles. The SMILES string of the molecule is O=C1CCC(N2Cc3c(SCCCCCCCCC4CC(F)(F)C4)cccc3C2=O)C(=O)N1. The molecule has 1 saturated carbocycles. The summed E-state index contributed by atoms with van der Waals surface area (Å²) in [6, 6.07) is 5.17. The lowest BCUT2D eigenvalue weighted by Gasteiger charge is -2.34. The van der Waals surface area contributed by atoms with Gasteiger partial charge >= 0.3 is 0 Å². The molecule has 3 amide bonds. The predicted octanol–water partition coefficient (Wildman–Crippen LogP) is 5.32. The minimum Gasteiger partial charge on any atom is -0.322 e. The Labute approximate surface area is 198 Å². The molecule has 8 heteroatoms. The molecular weight excluding hydrogens is 446 g/mol. The first-order valence-electron chi connectivity index (χ1n) is 12.1. The van der Waals surface area contributed by atoms with Crippen LogP contribution in [0.3, 0.4) is 0 Å². The molecule has 5 nitrogen and oxygen atoms in total. The summed E-state index contributed by atoms with van der Waals surface area (Å²) >= 11 is 1.76. The van der Waals surface area contributed by atoms with Gasteiger partial charge in [-0.2, -0.15) is 0 Å². The van der Waals surface area contributed by atoms with Crippen molar-refractivity contribution in [1.82, 2.24) is 10.2 Å². The number of piperidine rings is 1. The normalized spacial score (nSPS) is 22.3. The van der Waals surface area contributed by atoms with E-state index in [1.165, 1.54) is 0 Å². The number of amides is 3. The number of alkyl halides is 2. The molecule has 1 aliphatic carbocycles. The largest absolute Gasteiger partial charge is 0.322 e. The Morgan fingerprint density at radius 3 is 2.48 bits per heavy atom. The van der Waals surface area contributed by atoms with Crippen molar-refractivity contribution in [3.8, 4) is 0 Å². The summed E-state index contributed by atoms with van der Waals surface area (Å²) in [5.74, 6) is -1.97. The van der Waals surface area contributed by atoms with Gasteiger partial charge in [0.1, 0.15) is 6.04 Å². The van der Waals surface area contributed by atoms with E-state index >= 15 is 0 Å². The number of rotatable bonds is 11. The standard InChI is InChI=1S/C25H32F2N2O3S/c26-25(27)14-17(15-25)8-5-3-1-2-4-6-13-33-21-10-7-9-18-19(21)16-29(24(18)32)20-11-12-22(30)28-23(20)31/h7,9-10,17,20H,1-6,8,11-16H2,(H,28,30,31). The number of carbonyl (C=O) groups is 3. The second-order valence-corrected chi connectivity index (χ2v) is 10.7. The molecule has 0 spiro atoms. The van der Waals surface area contributed by atoms with Crippen molar-refractivity contribution in [3.63, 3.8) is 0 Å². The van der Waals surface area contributed by atoms with E-state index in [0.717, 1.165) is 61.2 Å². The van der Waals surface area contributed by atoms with E-state index < -0.39 is 12.0 Å². The Bertz CT molecular complexity index is 900. The Morgan fingerprint density at radius 2 is 1.76 bits per heavy atom. The fourth-order valence-corrected chi connectivity index (χ4v) is 6.20. The average molecular weight is 479 g/mol. The van der Waals surface area contributed by atoms with Gasteiger partial charge in [-0.25, -0.2) is 8.78 Å². The van der Waals surface area contributed by atoms with Crippen LogP contribution in [0, 0.1) is 5.92 Å². The number of hydrogen-bond donors (Lipinski definition) is 1. The summed E-state index contributed by atoms with van der Waals surface area (Å²) in [6.45, 7) is 0.413. The van der Waals surface area contributed by atoms with Crippen LogP contribution in [-0.4, -0.2) is 40.3 Å². The molecule has 0 radical (unpaired) electrons. The summed E-state index contributed by atoms with van der Waals surface area (Å²) in [4.78, 5) is 39.2. The van der Waals surface area contributed by atoms with E-state index in [0.29, 0.717) is 18.5 Å². The van der Waals surface area contributed by atoms with Crippen LogP contribution in [0.2, 0.25) is 0 Å². The molecule has 1 aromatic rings. The maximum atomic E-state index is 12.9. The van der Waals surface area contributed by atoms with Gasteiger partial charge in [-0.05, 0) is 42.2 Å². The van der Waals surface area contributed by atoms with Crippen LogP contribution in [0.4, 0.5) is 8.78 Å². The summed E-state index contributed by atoms with van der Waals surface area (Å²) in [5, 5.41) is 2.34. The molecule has 0 bridgehead atoms. The number of benzene rings is 1. The number of nitrogens with one attached hydrogen (secondary N) is 1. The van der Waals surface area contributed by atoms with E-state index in [9.17, 15) is 23.2 Å². The van der Waals surface area contributed by atoms with Crippen LogP contribution in [0.15, 0.2) is 23.1 Å². The molecule has 1 N–H and O–H groups in total. The predicted molar refractivity (Wildman–Crippen MR) is 123 cm³/mol. The summed E-state index contributed by atoms with van der Waals surface area (Å²) in [5.41, 5.74) is 1.65. The number of unbranched alkanes of at least 4 members (excludes halogenated alkanes) is 5. The summed E-state index contributed by atoms with van der Waals surface area (Å²) in [6.07, 6.45) is 8.49. The lowest BCUT2D eigenvalue weighted by atomic mass is 9.78. The number of imide groups is 1. The van der Waals surface area contributed by atoms with Gasteiger partial charge in [-0.3, -0.25) is 19.7 Å². The van der Waals surface area contributed by atoms with E-state index in [1.807, 2.05) is 18.2 Å². The zero-order chi connectivity index (χ0) is 23.4. The molecule has 1 saturated heterocycles. The lowest BCUT2D eigenvalue weighted by molar-refractivity contribution is -0.136. The van der Waals surface area contributed by atoms with Gasteiger partial charge in [0.2, 0.25) is 17.7 Å². The third-order valence-corrected chi connectivity index (χ3v) is 8.16. The van der Waals surface area contributed by atoms with E-state index in [2.05, 4.69) is 5.32 Å². The van der Waals surface area contributed by atoms with Gasteiger partial charge < -0.3 is 4.90 Å². The first-order valence-corrected chi connectivity index (χ1v) is 13.1. The van der Waals surface area contributed by atoms with Gasteiger partial charge in [0.15, 0.2) is 0 Å². The van der Waals surface area contributed by atoms with E-state index in [-0.39, 0.29) is 42.9 Å². The van der Waals surface area contributed by atoms with Crippen molar-refractivity contribution in [2.45, 2.75) is 94.0 Å². The van der Waals surface area contributed by atoms with Crippen LogP contribution in [0.25, 0.3) is 0 Å². The molecule has 0 aromatic heterocycles. The molecular formula is C25H32F2N2O3S. The Morgan fingerprint density at radius 1 is 1.03 bits per heavy atom. The fourth-order valence-electron chi connectivity index (χ4n) is 5.11. The Kier molecular flexibility index (Phi) is 7.72. The highest BCUT2D eigenvalue weighted by Gasteiger charge is 2.44. The highest BCUT2D eigenvalue weighted by molar-refractivity contribution is 7.99. The smallest absolute Gasteiger partial charge is 0.255 e. The van der Waals surface area contributed by atoms with Gasteiger partial charge in [0.05, 0.1) is 0 Å². The second kappa shape index (κ2) is 10.5. The van der Waals surface area contributed by atoms with Crippen molar-refractivity contribution in [3.05, 3.63) is 29.3 Å². The average Bonchev–Trinajstić information content (AvgIpc) is 3.08. The zero-order valence-corrected chi connectivity index (χ0v) is 19.7. The summed E-state index contributed by atoms with van der Waals surface area (Å²) in [7, 11) is 0. The molecule has 1 atom stereocenters. The van der Waals surface area contributed by atoms with Gasteiger partial charge in [0.25, 0.3) is 5.91 Å². The highest BCUT2D eigenvalue weighted by atomic mass is 32.2. The number of carbonyl (C=O) groups excluding carboxylic acids is 3. The third kappa shape index (κ3) is 5.94. The number of thioether (sulfide) groups is 1. The van der Waals surface area contributed by atoms with Gasteiger partial charge in [0, 0.05) is 36.3 Å². The topological polar surface area (TPSA) is 66.5 Å². The monoisotopic (exact) mass is 478 g/mol. The maximum absolute atomic E-state index is 12.9. The lowest BCUT2D eigenvalue weighted by Crippen LogP contribution is -2.52. The molecule has 1 unspecified atom stereocenters. The second-order valence-electron chi connectivity index (χ2n) is 9.57. The number of halogens is 2. The molecule has 2 fully saturated rings. The van der Waals surface area contributed by atoms with Crippen molar-refractivity contribution < 1.29 is 23.2 Å². The first kappa shape index (κ1) is 24.2. The zero-order valence-electron chi connectivity index (χ0n) is 18.9. The number of nitrogens with zero attached hydrogens (tertiary/aromatic N) is 1. The van der Waals surface area contributed by atoms with E-state index in [1.54, 1.807) is 16.7 Å². The van der Waals surface area contributed by atoms with Crippen LogP contribution >= 0.6 is 11.8 Å². The van der Waals surface area contributed by atoms with Crippen molar-refractivity contribution >= 4 is 29.5 Å². The summed E-state index contributed by atoms with van der Waals surface area (Å²) < 4.78 is 25.7. The van der Waals surface area contributed by atoms with Crippen LogP contribution in [-0.2, 0) is 16.1 Å². The Hall–Kier alpha value is -1.96. The molecule has 2 heterocycles. The van der Waals surface area contributed by atoms with Gasteiger partial charge in [-0.15, -0.1) is 11.8 Å². The molecule has 1 aromatic carbocycles. The van der Waals surface area contributed by atoms with Crippen LogP contribution in [0.1, 0.15) is 86.6 Å². The van der Waals surface area contributed by atoms with Crippen molar-refractivity contribution in [2.24, 2.45) is 5.92 Å². The van der Waals surface area contributed by atoms with Crippen molar-refractivity contribution in [2.75, 3.05) is 5.75 Å².